The lowest BCUT2D eigenvalue weighted by Crippen LogP contribution is -2.03. The average molecular weight is 220 g/mol. The van der Waals surface area contributed by atoms with Crippen molar-refractivity contribution in [2.45, 2.75) is 6.92 Å². The maximum Gasteiger partial charge on any atom is 0.196 e. The van der Waals surface area contributed by atoms with E-state index < -0.39 is 0 Å². The molecular weight excluding hydrogens is 208 g/mol. The number of benzene rings is 1. The van der Waals surface area contributed by atoms with E-state index in [-0.39, 0.29) is 5.43 Å². The van der Waals surface area contributed by atoms with Crippen LogP contribution in [0.5, 0.6) is 11.5 Å². The lowest BCUT2D eigenvalue weighted by molar-refractivity contribution is 0.394. The van der Waals surface area contributed by atoms with Crippen LogP contribution in [0.2, 0.25) is 0 Å². The number of ether oxygens (including phenoxy) is 2. The summed E-state index contributed by atoms with van der Waals surface area (Å²) in [5.74, 6) is 1.10. The van der Waals surface area contributed by atoms with Crippen molar-refractivity contribution >= 4 is 11.0 Å². The average Bonchev–Trinajstić information content (AvgIpc) is 2.30. The maximum absolute atomic E-state index is 11.7. The highest BCUT2D eigenvalue weighted by atomic mass is 16.5. The van der Waals surface area contributed by atoms with E-state index in [2.05, 4.69) is 0 Å². The number of fused-ring (bicyclic) bond motifs is 1. The molecule has 2 aromatic rings. The van der Waals surface area contributed by atoms with E-state index in [1.165, 1.54) is 19.4 Å². The van der Waals surface area contributed by atoms with E-state index in [1.54, 1.807) is 13.2 Å². The predicted molar refractivity (Wildman–Crippen MR) is 60.3 cm³/mol. The molecule has 84 valence electrons. The van der Waals surface area contributed by atoms with Crippen molar-refractivity contribution in [3.8, 4) is 11.5 Å². The second kappa shape index (κ2) is 3.89. The van der Waals surface area contributed by atoms with Gasteiger partial charge in [-0.05, 0) is 6.92 Å². The molecule has 0 aliphatic carbocycles. The van der Waals surface area contributed by atoms with Gasteiger partial charge in [0.2, 0.25) is 0 Å². The Hall–Kier alpha value is -1.97. The second-order valence-corrected chi connectivity index (χ2v) is 3.40. The monoisotopic (exact) mass is 220 g/mol. The lowest BCUT2D eigenvalue weighted by Gasteiger charge is -2.10. The van der Waals surface area contributed by atoms with Gasteiger partial charge in [0.05, 0.1) is 20.5 Å². The third-order valence-electron chi connectivity index (χ3n) is 2.54. The molecule has 0 bridgehead atoms. The molecule has 1 heterocycles. The molecule has 0 fully saturated rings. The van der Waals surface area contributed by atoms with Gasteiger partial charge in [0.25, 0.3) is 0 Å². The summed E-state index contributed by atoms with van der Waals surface area (Å²) < 4.78 is 15.7. The van der Waals surface area contributed by atoms with Gasteiger partial charge < -0.3 is 13.9 Å². The first-order valence-electron chi connectivity index (χ1n) is 4.82. The summed E-state index contributed by atoms with van der Waals surface area (Å²) in [5.41, 5.74) is 1.17. The van der Waals surface area contributed by atoms with E-state index in [4.69, 9.17) is 13.9 Å². The molecule has 1 aromatic heterocycles. The van der Waals surface area contributed by atoms with Gasteiger partial charge in [0.1, 0.15) is 22.5 Å². The Morgan fingerprint density at radius 1 is 1.19 bits per heavy atom. The van der Waals surface area contributed by atoms with Gasteiger partial charge in [-0.2, -0.15) is 0 Å². The van der Waals surface area contributed by atoms with Crippen molar-refractivity contribution in [2.75, 3.05) is 14.2 Å². The minimum Gasteiger partial charge on any atom is -0.496 e. The van der Waals surface area contributed by atoms with Crippen molar-refractivity contribution in [1.29, 1.82) is 0 Å². The Balaban J connectivity index is 2.97. The standard InChI is InChI=1S/C12H12O4/c1-7-9(14-2)6-10(15-3)11-8(13)4-5-16-12(7)11/h4-6H,1-3H3. The number of hydrogen-bond donors (Lipinski definition) is 0. The fourth-order valence-corrected chi connectivity index (χ4v) is 1.71. The van der Waals surface area contributed by atoms with E-state index in [9.17, 15) is 4.79 Å². The summed E-state index contributed by atoms with van der Waals surface area (Å²) in [6.07, 6.45) is 1.37. The largest absolute Gasteiger partial charge is 0.496 e. The molecule has 0 amide bonds. The Morgan fingerprint density at radius 2 is 1.88 bits per heavy atom. The molecule has 4 heteroatoms. The van der Waals surface area contributed by atoms with Gasteiger partial charge >= 0.3 is 0 Å². The highest BCUT2D eigenvalue weighted by Crippen LogP contribution is 2.32. The molecule has 0 N–H and O–H groups in total. The molecule has 0 saturated carbocycles. The Bertz CT molecular complexity index is 583. The van der Waals surface area contributed by atoms with Gasteiger partial charge in [-0.15, -0.1) is 0 Å². The maximum atomic E-state index is 11.7. The molecular formula is C12H12O4. The number of hydrogen-bond acceptors (Lipinski definition) is 4. The zero-order valence-electron chi connectivity index (χ0n) is 9.37. The molecule has 0 aliphatic rings. The molecule has 0 aliphatic heterocycles. The van der Waals surface area contributed by atoms with Crippen molar-refractivity contribution in [3.63, 3.8) is 0 Å². The topological polar surface area (TPSA) is 48.7 Å². The molecule has 1 aromatic carbocycles. The normalized spacial score (nSPS) is 10.4. The molecule has 0 radical (unpaired) electrons. The summed E-state index contributed by atoms with van der Waals surface area (Å²) in [6, 6.07) is 3.06. The van der Waals surface area contributed by atoms with Crippen LogP contribution < -0.4 is 14.9 Å². The zero-order valence-corrected chi connectivity index (χ0v) is 9.37. The van der Waals surface area contributed by atoms with Gasteiger partial charge in [0, 0.05) is 17.7 Å². The summed E-state index contributed by atoms with van der Waals surface area (Å²) in [4.78, 5) is 11.7. The summed E-state index contributed by atoms with van der Waals surface area (Å²) in [6.45, 7) is 1.84. The Morgan fingerprint density at radius 3 is 2.50 bits per heavy atom. The SMILES string of the molecule is COc1cc(OC)c2c(=O)ccoc2c1C. The molecule has 2 rings (SSSR count). The van der Waals surface area contributed by atoms with E-state index >= 15 is 0 Å². The van der Waals surface area contributed by atoms with Crippen LogP contribution in [0.4, 0.5) is 0 Å². The van der Waals surface area contributed by atoms with Crippen LogP contribution in [0.25, 0.3) is 11.0 Å². The molecule has 16 heavy (non-hydrogen) atoms. The van der Waals surface area contributed by atoms with Crippen LogP contribution in [-0.4, -0.2) is 14.2 Å². The van der Waals surface area contributed by atoms with Crippen LogP contribution in [0, 0.1) is 6.92 Å². The number of aryl methyl sites for hydroxylation is 1. The third kappa shape index (κ3) is 1.43. The fraction of sp³-hybridized carbons (Fsp3) is 0.250. The van der Waals surface area contributed by atoms with Gasteiger partial charge in [0.15, 0.2) is 5.43 Å². The predicted octanol–water partition coefficient (Wildman–Crippen LogP) is 2.12. The Labute approximate surface area is 92.4 Å². The summed E-state index contributed by atoms with van der Waals surface area (Å²) in [7, 11) is 3.07. The van der Waals surface area contributed by atoms with Gasteiger partial charge in [-0.1, -0.05) is 0 Å². The van der Waals surface area contributed by atoms with Crippen LogP contribution in [0.15, 0.2) is 27.6 Å². The number of rotatable bonds is 2. The third-order valence-corrected chi connectivity index (χ3v) is 2.54. The van der Waals surface area contributed by atoms with Crippen molar-refractivity contribution < 1.29 is 13.9 Å². The minimum absolute atomic E-state index is 0.121. The fourth-order valence-electron chi connectivity index (χ4n) is 1.71. The van der Waals surface area contributed by atoms with Crippen molar-refractivity contribution in [1.82, 2.24) is 0 Å². The highest BCUT2D eigenvalue weighted by molar-refractivity contribution is 5.88. The van der Waals surface area contributed by atoms with Gasteiger partial charge in [-0.3, -0.25) is 4.79 Å². The molecule has 0 spiro atoms. The molecule has 0 saturated heterocycles. The quantitative estimate of drug-likeness (QED) is 0.777. The first kappa shape index (κ1) is 10.5. The first-order chi connectivity index (χ1) is 7.69. The number of methoxy groups -OCH3 is 2. The van der Waals surface area contributed by atoms with Crippen molar-refractivity contribution in [3.05, 3.63) is 34.2 Å². The van der Waals surface area contributed by atoms with E-state index in [0.29, 0.717) is 22.5 Å². The molecule has 0 unspecified atom stereocenters. The van der Waals surface area contributed by atoms with E-state index in [1.807, 2.05) is 6.92 Å². The summed E-state index contributed by atoms with van der Waals surface area (Å²) in [5, 5.41) is 0.448. The van der Waals surface area contributed by atoms with Crippen LogP contribution in [-0.2, 0) is 0 Å². The summed E-state index contributed by atoms with van der Waals surface area (Å²) >= 11 is 0. The molecule has 0 atom stereocenters. The minimum atomic E-state index is -0.121. The smallest absolute Gasteiger partial charge is 0.196 e. The lowest BCUT2D eigenvalue weighted by atomic mass is 10.1. The Kier molecular flexibility index (Phi) is 2.56. The first-order valence-corrected chi connectivity index (χ1v) is 4.82. The van der Waals surface area contributed by atoms with Crippen LogP contribution in [0.1, 0.15) is 5.56 Å². The van der Waals surface area contributed by atoms with Crippen molar-refractivity contribution in [2.24, 2.45) is 0 Å². The van der Waals surface area contributed by atoms with Crippen LogP contribution in [0.3, 0.4) is 0 Å². The zero-order chi connectivity index (χ0) is 11.7. The second-order valence-electron chi connectivity index (χ2n) is 3.40. The van der Waals surface area contributed by atoms with E-state index in [0.717, 1.165) is 5.56 Å². The van der Waals surface area contributed by atoms with Crippen LogP contribution >= 0.6 is 0 Å². The highest BCUT2D eigenvalue weighted by Gasteiger charge is 2.14. The molecule has 4 nitrogen and oxygen atoms in total. The van der Waals surface area contributed by atoms with Gasteiger partial charge in [-0.25, -0.2) is 0 Å².